The number of benzene rings is 1. The van der Waals surface area contributed by atoms with Crippen molar-refractivity contribution < 1.29 is 19.4 Å². The number of likely N-dealkylation sites (tertiary alicyclic amines) is 1. The average Bonchev–Trinajstić information content (AvgIpc) is 2.70. The molecule has 9 heteroatoms. The molecule has 1 aromatic carbocycles. The lowest BCUT2D eigenvalue weighted by Crippen LogP contribution is -2.53. The van der Waals surface area contributed by atoms with Crippen LogP contribution in [0.1, 0.15) is 33.6 Å². The molecule has 2 aromatic rings. The van der Waals surface area contributed by atoms with Crippen LogP contribution in [-0.4, -0.2) is 39.6 Å². The lowest BCUT2D eigenvalue weighted by molar-refractivity contribution is -0.122. The molecule has 1 saturated heterocycles. The second-order valence-corrected chi connectivity index (χ2v) is 9.14. The second kappa shape index (κ2) is 9.01. The number of halogens is 1. The van der Waals surface area contributed by atoms with Crippen molar-refractivity contribution in [2.45, 2.75) is 39.7 Å². The van der Waals surface area contributed by atoms with Crippen LogP contribution in [0.25, 0.3) is 0 Å². The first-order valence-electron chi connectivity index (χ1n) is 10.0. The number of carbonyl (C=O) groups excluding carboxylic acids is 1. The monoisotopic (exact) mass is 446 g/mol. The molecule has 0 saturated carbocycles. The maximum absolute atomic E-state index is 12.9. The van der Waals surface area contributed by atoms with Gasteiger partial charge in [0.05, 0.1) is 10.7 Å². The van der Waals surface area contributed by atoms with E-state index in [2.05, 4.69) is 10.3 Å². The highest BCUT2D eigenvalue weighted by atomic mass is 35.5. The summed E-state index contributed by atoms with van der Waals surface area (Å²) in [7, 11) is 0. The van der Waals surface area contributed by atoms with Crippen molar-refractivity contribution in [2.24, 2.45) is 11.3 Å². The van der Waals surface area contributed by atoms with E-state index in [-0.39, 0.29) is 23.3 Å². The average molecular weight is 447 g/mol. The summed E-state index contributed by atoms with van der Waals surface area (Å²) in [4.78, 5) is 30.1. The number of carbonyl (C=O) groups is 2. The molecular weight excluding hydrogens is 420 g/mol. The Morgan fingerprint density at radius 2 is 1.97 bits per heavy atom. The van der Waals surface area contributed by atoms with Gasteiger partial charge in [0.15, 0.2) is 0 Å². The van der Waals surface area contributed by atoms with E-state index in [0.29, 0.717) is 47.4 Å². The number of nitrogens with two attached hydrogens (primary N) is 1. The van der Waals surface area contributed by atoms with Crippen molar-refractivity contribution in [1.29, 1.82) is 0 Å². The molecule has 1 fully saturated rings. The van der Waals surface area contributed by atoms with E-state index in [0.717, 1.165) is 0 Å². The minimum atomic E-state index is -0.951. The maximum Gasteiger partial charge on any atom is 0.407 e. The fourth-order valence-corrected chi connectivity index (χ4v) is 3.90. The lowest BCUT2D eigenvalue weighted by Gasteiger charge is -2.44. The van der Waals surface area contributed by atoms with E-state index in [1.54, 1.807) is 30.3 Å². The minimum absolute atomic E-state index is 0.181. The number of nitrogens with one attached hydrogen (secondary N) is 1. The summed E-state index contributed by atoms with van der Waals surface area (Å²) in [6.07, 6.45) is 1.51. The van der Waals surface area contributed by atoms with Crippen LogP contribution in [0.2, 0.25) is 5.02 Å². The van der Waals surface area contributed by atoms with E-state index in [4.69, 9.17) is 22.1 Å². The van der Waals surface area contributed by atoms with Gasteiger partial charge in [0.25, 0.3) is 0 Å². The highest BCUT2D eigenvalue weighted by Gasteiger charge is 2.40. The van der Waals surface area contributed by atoms with Gasteiger partial charge in [0.2, 0.25) is 5.91 Å². The Kier molecular flexibility index (Phi) is 6.59. The third-order valence-corrected chi connectivity index (χ3v) is 5.74. The van der Waals surface area contributed by atoms with Gasteiger partial charge in [-0.15, -0.1) is 0 Å². The first kappa shape index (κ1) is 22.7. The molecule has 2 unspecified atom stereocenters. The molecule has 0 radical (unpaired) electrons. The number of hydrogen-bond acceptors (Lipinski definition) is 5. The molecule has 8 nitrogen and oxygen atoms in total. The number of anilines is 2. The van der Waals surface area contributed by atoms with Gasteiger partial charge in [-0.3, -0.25) is 4.79 Å². The van der Waals surface area contributed by atoms with Crippen LogP contribution in [0.15, 0.2) is 36.5 Å². The van der Waals surface area contributed by atoms with Crippen molar-refractivity contribution in [2.75, 3.05) is 17.6 Å². The lowest BCUT2D eigenvalue weighted by atomic mass is 9.77. The number of hydrogen-bond donors (Lipinski definition) is 3. The summed E-state index contributed by atoms with van der Waals surface area (Å²) in [6, 6.07) is 8.00. The fraction of sp³-hybridized carbons (Fsp3) is 0.409. The molecule has 31 heavy (non-hydrogen) atoms. The van der Waals surface area contributed by atoms with Gasteiger partial charge >= 0.3 is 6.09 Å². The van der Waals surface area contributed by atoms with Crippen molar-refractivity contribution in [3.63, 3.8) is 0 Å². The molecule has 166 valence electrons. The first-order chi connectivity index (χ1) is 14.5. The minimum Gasteiger partial charge on any atom is -0.465 e. The number of rotatable bonds is 4. The molecule has 3 rings (SSSR count). The van der Waals surface area contributed by atoms with Gasteiger partial charge in [-0.05, 0) is 36.5 Å². The Labute approximate surface area is 186 Å². The highest BCUT2D eigenvalue weighted by molar-refractivity contribution is 6.33. The Hall–Kier alpha value is -3.00. The normalized spacial score (nSPS) is 19.0. The number of nitrogen functional groups attached to an aromatic ring is 1. The van der Waals surface area contributed by atoms with E-state index in [1.807, 2.05) is 20.8 Å². The summed E-state index contributed by atoms with van der Waals surface area (Å²) in [5, 5.41) is 12.7. The molecule has 4 N–H and O–H groups in total. The number of carboxylic acid groups (broad SMARTS) is 1. The standard InChI is InChI=1S/C22H27ClN4O4/c1-22(2,3)18-10-13(7-9-27(18)21(29)30)20(28)26-19-12-15(6-8-25-19)31-14-4-5-17(24)16(23)11-14/h4-6,8,11-13,18H,7,9-10,24H2,1-3H3,(H,29,30)(H,25,26,28). The fourth-order valence-electron chi connectivity index (χ4n) is 3.73. The Balaban J connectivity index is 1.68. The number of piperidine rings is 1. The predicted octanol–water partition coefficient (Wildman–Crippen LogP) is 4.85. The molecule has 1 aliphatic rings. The summed E-state index contributed by atoms with van der Waals surface area (Å²) < 4.78 is 5.78. The quantitative estimate of drug-likeness (QED) is 0.577. The Morgan fingerprint density at radius 1 is 1.26 bits per heavy atom. The largest absolute Gasteiger partial charge is 0.465 e. The van der Waals surface area contributed by atoms with Crippen molar-refractivity contribution in [3.05, 3.63) is 41.6 Å². The van der Waals surface area contributed by atoms with Gasteiger partial charge in [-0.1, -0.05) is 32.4 Å². The van der Waals surface area contributed by atoms with E-state index in [9.17, 15) is 14.7 Å². The van der Waals surface area contributed by atoms with Crippen molar-refractivity contribution >= 4 is 35.1 Å². The number of nitrogens with zero attached hydrogens (tertiary/aromatic N) is 2. The van der Waals surface area contributed by atoms with Crippen LogP contribution in [0.3, 0.4) is 0 Å². The first-order valence-corrected chi connectivity index (χ1v) is 10.4. The van der Waals surface area contributed by atoms with Crippen LogP contribution < -0.4 is 15.8 Å². The molecule has 2 amide bonds. The third-order valence-electron chi connectivity index (χ3n) is 5.41. The van der Waals surface area contributed by atoms with Crippen LogP contribution in [-0.2, 0) is 4.79 Å². The SMILES string of the molecule is CC(C)(C)C1CC(C(=O)Nc2cc(Oc3ccc(N)c(Cl)c3)ccn2)CCN1C(=O)O. The zero-order valence-corrected chi connectivity index (χ0v) is 18.5. The van der Waals surface area contributed by atoms with E-state index >= 15 is 0 Å². The molecule has 1 aliphatic heterocycles. The topological polar surface area (TPSA) is 118 Å². The maximum atomic E-state index is 12.9. The molecule has 1 aromatic heterocycles. The number of amides is 2. The van der Waals surface area contributed by atoms with Gasteiger partial charge in [0, 0.05) is 36.8 Å². The Bertz CT molecular complexity index is 976. The highest BCUT2D eigenvalue weighted by Crippen LogP contribution is 2.35. The third kappa shape index (κ3) is 5.58. The number of aromatic nitrogens is 1. The molecule has 0 bridgehead atoms. The van der Waals surface area contributed by atoms with Gasteiger partial charge in [-0.25, -0.2) is 9.78 Å². The zero-order chi connectivity index (χ0) is 22.8. The number of pyridine rings is 1. The van der Waals surface area contributed by atoms with Gasteiger partial charge in [0.1, 0.15) is 17.3 Å². The molecule has 2 heterocycles. The summed E-state index contributed by atoms with van der Waals surface area (Å²) in [5.74, 6) is 0.870. The molecular formula is C22H27ClN4O4. The van der Waals surface area contributed by atoms with Gasteiger partial charge in [-0.2, -0.15) is 0 Å². The predicted molar refractivity (Wildman–Crippen MR) is 120 cm³/mol. The summed E-state index contributed by atoms with van der Waals surface area (Å²) in [6.45, 7) is 6.28. The Morgan fingerprint density at radius 3 is 2.61 bits per heavy atom. The summed E-state index contributed by atoms with van der Waals surface area (Å²) in [5.41, 5.74) is 5.90. The van der Waals surface area contributed by atoms with Crippen LogP contribution in [0.5, 0.6) is 11.5 Å². The zero-order valence-electron chi connectivity index (χ0n) is 17.8. The summed E-state index contributed by atoms with van der Waals surface area (Å²) >= 11 is 6.03. The van der Waals surface area contributed by atoms with Crippen molar-refractivity contribution in [3.8, 4) is 11.5 Å². The van der Waals surface area contributed by atoms with Crippen LogP contribution >= 0.6 is 11.6 Å². The number of ether oxygens (including phenoxy) is 1. The van der Waals surface area contributed by atoms with Crippen LogP contribution in [0, 0.1) is 11.3 Å². The molecule has 2 atom stereocenters. The van der Waals surface area contributed by atoms with Crippen molar-refractivity contribution in [1.82, 2.24) is 9.88 Å². The molecule has 0 aliphatic carbocycles. The second-order valence-electron chi connectivity index (χ2n) is 8.73. The van der Waals surface area contributed by atoms with Crippen LogP contribution in [0.4, 0.5) is 16.3 Å². The van der Waals surface area contributed by atoms with Gasteiger partial charge < -0.3 is 25.8 Å². The van der Waals surface area contributed by atoms with E-state index < -0.39 is 6.09 Å². The smallest absolute Gasteiger partial charge is 0.407 e. The molecule has 0 spiro atoms. The van der Waals surface area contributed by atoms with E-state index in [1.165, 1.54) is 11.1 Å².